The number of hydrogen-bond acceptors (Lipinski definition) is 2. The summed E-state index contributed by atoms with van der Waals surface area (Å²) in [5.41, 5.74) is 0.143. The van der Waals surface area contributed by atoms with Crippen LogP contribution in [-0.4, -0.2) is 25.8 Å². The average Bonchev–Trinajstić information content (AvgIpc) is 2.70. The van der Waals surface area contributed by atoms with Crippen molar-refractivity contribution < 1.29 is 4.74 Å². The van der Waals surface area contributed by atoms with Crippen LogP contribution in [0.4, 0.5) is 0 Å². The minimum absolute atomic E-state index is 0.143. The quantitative estimate of drug-likeness (QED) is 0.658. The Morgan fingerprint density at radius 1 is 1.42 bits per heavy atom. The molecule has 0 saturated heterocycles. The molecule has 0 bridgehead atoms. The minimum Gasteiger partial charge on any atom is -0.383 e. The number of rotatable bonds is 6. The van der Waals surface area contributed by atoms with Crippen molar-refractivity contribution in [2.75, 3.05) is 20.3 Å². The summed E-state index contributed by atoms with van der Waals surface area (Å²) in [7, 11) is 1.75. The highest BCUT2D eigenvalue weighted by molar-refractivity contribution is 4.79. The number of nitrogens with one attached hydrogen (secondary N) is 1. The van der Waals surface area contributed by atoms with Crippen LogP contribution in [0.25, 0.3) is 0 Å². The van der Waals surface area contributed by atoms with Gasteiger partial charge in [0.25, 0.3) is 0 Å². The van der Waals surface area contributed by atoms with E-state index in [1.54, 1.807) is 7.11 Å². The zero-order valence-electron chi connectivity index (χ0n) is 8.52. The van der Waals surface area contributed by atoms with Crippen LogP contribution in [0.5, 0.6) is 0 Å². The van der Waals surface area contributed by atoms with E-state index in [1.165, 1.54) is 19.3 Å². The zero-order chi connectivity index (χ0) is 9.03. The Hall–Kier alpha value is -0.0800. The van der Waals surface area contributed by atoms with E-state index in [0.29, 0.717) is 0 Å². The average molecular weight is 171 g/mol. The van der Waals surface area contributed by atoms with Gasteiger partial charge in [-0.1, -0.05) is 12.8 Å². The van der Waals surface area contributed by atoms with Crippen LogP contribution in [0.1, 0.15) is 33.1 Å². The summed E-state index contributed by atoms with van der Waals surface area (Å²) < 4.78 is 5.12. The van der Waals surface area contributed by atoms with Gasteiger partial charge >= 0.3 is 0 Å². The summed E-state index contributed by atoms with van der Waals surface area (Å²) in [6.45, 7) is 6.30. The molecule has 1 aliphatic rings. The second-order valence-electron chi connectivity index (χ2n) is 4.48. The monoisotopic (exact) mass is 171 g/mol. The fraction of sp³-hybridized carbons (Fsp3) is 1.00. The van der Waals surface area contributed by atoms with Gasteiger partial charge in [-0.25, -0.2) is 0 Å². The summed E-state index contributed by atoms with van der Waals surface area (Å²) in [6.07, 6.45) is 4.24. The van der Waals surface area contributed by atoms with Gasteiger partial charge in [0, 0.05) is 12.6 Å². The maximum atomic E-state index is 5.12. The molecule has 0 aromatic heterocycles. The molecule has 0 aliphatic heterocycles. The van der Waals surface area contributed by atoms with E-state index >= 15 is 0 Å². The van der Waals surface area contributed by atoms with Crippen molar-refractivity contribution in [1.29, 1.82) is 0 Å². The number of methoxy groups -OCH3 is 1. The predicted octanol–water partition coefficient (Wildman–Crippen LogP) is 1.80. The van der Waals surface area contributed by atoms with Crippen molar-refractivity contribution in [2.45, 2.75) is 38.6 Å². The third kappa shape index (κ3) is 4.07. The Labute approximate surface area is 75.7 Å². The lowest BCUT2D eigenvalue weighted by Gasteiger charge is -2.25. The maximum Gasteiger partial charge on any atom is 0.0639 e. The van der Waals surface area contributed by atoms with E-state index in [9.17, 15) is 0 Å². The van der Waals surface area contributed by atoms with Crippen molar-refractivity contribution >= 4 is 0 Å². The first-order chi connectivity index (χ1) is 5.64. The van der Waals surface area contributed by atoms with Gasteiger partial charge in [0.1, 0.15) is 0 Å². The molecule has 1 N–H and O–H groups in total. The van der Waals surface area contributed by atoms with Gasteiger partial charge in [0.2, 0.25) is 0 Å². The third-order valence-electron chi connectivity index (χ3n) is 2.36. The fourth-order valence-corrected chi connectivity index (χ4v) is 1.43. The van der Waals surface area contributed by atoms with E-state index in [2.05, 4.69) is 19.2 Å². The molecular weight excluding hydrogens is 150 g/mol. The highest BCUT2D eigenvalue weighted by atomic mass is 16.5. The molecule has 12 heavy (non-hydrogen) atoms. The first kappa shape index (κ1) is 10.0. The second kappa shape index (κ2) is 4.24. The van der Waals surface area contributed by atoms with Gasteiger partial charge in [-0.05, 0) is 32.7 Å². The maximum absolute atomic E-state index is 5.12. The zero-order valence-corrected chi connectivity index (χ0v) is 8.52. The summed E-state index contributed by atoms with van der Waals surface area (Å²) in [5, 5.41) is 3.51. The molecule has 1 aliphatic carbocycles. The lowest BCUT2D eigenvalue weighted by molar-refractivity contribution is 0.128. The van der Waals surface area contributed by atoms with Crippen molar-refractivity contribution in [3.05, 3.63) is 0 Å². The first-order valence-electron chi connectivity index (χ1n) is 4.88. The Morgan fingerprint density at radius 3 is 2.58 bits per heavy atom. The fourth-order valence-electron chi connectivity index (χ4n) is 1.43. The van der Waals surface area contributed by atoms with Crippen molar-refractivity contribution in [3.63, 3.8) is 0 Å². The van der Waals surface area contributed by atoms with Gasteiger partial charge in [0.15, 0.2) is 0 Å². The van der Waals surface area contributed by atoms with Gasteiger partial charge in [0.05, 0.1) is 6.61 Å². The van der Waals surface area contributed by atoms with Gasteiger partial charge in [-0.15, -0.1) is 0 Å². The van der Waals surface area contributed by atoms with Crippen LogP contribution < -0.4 is 5.32 Å². The Kier molecular flexibility index (Phi) is 3.53. The molecule has 2 nitrogen and oxygen atoms in total. The minimum atomic E-state index is 0.143. The summed E-state index contributed by atoms with van der Waals surface area (Å²) in [4.78, 5) is 0. The molecule has 0 unspecified atom stereocenters. The van der Waals surface area contributed by atoms with Crippen molar-refractivity contribution in [3.8, 4) is 0 Å². The Bertz CT molecular complexity index is 130. The molecule has 2 heteroatoms. The van der Waals surface area contributed by atoms with Crippen molar-refractivity contribution in [2.24, 2.45) is 5.92 Å². The van der Waals surface area contributed by atoms with Crippen molar-refractivity contribution in [1.82, 2.24) is 5.32 Å². The van der Waals surface area contributed by atoms with E-state index in [4.69, 9.17) is 4.74 Å². The number of ether oxygens (including phenoxy) is 1. The standard InChI is InChI=1S/C10H21NO/c1-10(2,8-12-3)11-7-6-9-4-5-9/h9,11H,4-8H2,1-3H3. The normalized spacial score (nSPS) is 18.2. The molecule has 0 aromatic rings. The summed E-state index contributed by atoms with van der Waals surface area (Å²) in [5.74, 6) is 1.02. The molecule has 0 spiro atoms. The second-order valence-corrected chi connectivity index (χ2v) is 4.48. The SMILES string of the molecule is COCC(C)(C)NCCC1CC1. The van der Waals surface area contributed by atoms with E-state index in [1.807, 2.05) is 0 Å². The van der Waals surface area contributed by atoms with Crippen LogP contribution in [0.3, 0.4) is 0 Å². The molecule has 1 fully saturated rings. The van der Waals surface area contributed by atoms with Crippen LogP contribution >= 0.6 is 0 Å². The van der Waals surface area contributed by atoms with Crippen LogP contribution in [0.2, 0.25) is 0 Å². The topological polar surface area (TPSA) is 21.3 Å². The van der Waals surface area contributed by atoms with Gasteiger partial charge < -0.3 is 10.1 Å². The molecule has 0 heterocycles. The van der Waals surface area contributed by atoms with Gasteiger partial charge in [-0.2, -0.15) is 0 Å². The van der Waals surface area contributed by atoms with E-state index < -0.39 is 0 Å². The molecular formula is C10H21NO. The molecule has 0 aromatic carbocycles. The lowest BCUT2D eigenvalue weighted by atomic mass is 10.1. The lowest BCUT2D eigenvalue weighted by Crippen LogP contribution is -2.43. The molecule has 1 saturated carbocycles. The Balaban J connectivity index is 2.01. The summed E-state index contributed by atoms with van der Waals surface area (Å²) in [6, 6.07) is 0. The molecule has 0 atom stereocenters. The van der Waals surface area contributed by atoms with Crippen LogP contribution in [-0.2, 0) is 4.74 Å². The highest BCUT2D eigenvalue weighted by Gasteiger charge is 2.22. The summed E-state index contributed by atoms with van der Waals surface area (Å²) >= 11 is 0. The van der Waals surface area contributed by atoms with E-state index in [0.717, 1.165) is 19.1 Å². The van der Waals surface area contributed by atoms with E-state index in [-0.39, 0.29) is 5.54 Å². The molecule has 0 radical (unpaired) electrons. The Morgan fingerprint density at radius 2 is 2.08 bits per heavy atom. The van der Waals surface area contributed by atoms with Crippen LogP contribution in [0.15, 0.2) is 0 Å². The molecule has 72 valence electrons. The highest BCUT2D eigenvalue weighted by Crippen LogP contribution is 2.31. The molecule has 0 amide bonds. The number of hydrogen-bond donors (Lipinski definition) is 1. The third-order valence-corrected chi connectivity index (χ3v) is 2.36. The van der Waals surface area contributed by atoms with Crippen LogP contribution in [0, 0.1) is 5.92 Å². The largest absolute Gasteiger partial charge is 0.383 e. The predicted molar refractivity (Wildman–Crippen MR) is 51.3 cm³/mol. The van der Waals surface area contributed by atoms with Gasteiger partial charge in [-0.3, -0.25) is 0 Å². The molecule has 1 rings (SSSR count). The first-order valence-corrected chi connectivity index (χ1v) is 4.88. The smallest absolute Gasteiger partial charge is 0.0639 e.